The molecule has 0 spiro atoms. The maximum Gasteiger partial charge on any atom is 0.340 e. The standard InChI is InChI=1S/C17H15Cl2NO5/c1-23-13-7-6-10(8-14(13)24-2)20-15(21)9-25-17(22)11-4-3-5-12(18)16(11)19/h3-8H,9H2,1-2H3,(H,20,21). The zero-order chi connectivity index (χ0) is 18.4. The maximum absolute atomic E-state index is 12.0. The number of carbonyl (C=O) groups excluding carboxylic acids is 2. The first-order valence-corrected chi connectivity index (χ1v) is 7.85. The van der Waals surface area contributed by atoms with Gasteiger partial charge in [0.05, 0.1) is 29.8 Å². The fourth-order valence-corrected chi connectivity index (χ4v) is 2.36. The largest absolute Gasteiger partial charge is 0.493 e. The number of hydrogen-bond donors (Lipinski definition) is 1. The van der Waals surface area contributed by atoms with Crippen molar-refractivity contribution in [1.29, 1.82) is 0 Å². The van der Waals surface area contributed by atoms with Gasteiger partial charge < -0.3 is 19.5 Å². The van der Waals surface area contributed by atoms with E-state index in [0.717, 1.165) is 0 Å². The Hall–Kier alpha value is -2.44. The van der Waals surface area contributed by atoms with Crippen molar-refractivity contribution in [1.82, 2.24) is 0 Å². The van der Waals surface area contributed by atoms with Gasteiger partial charge in [-0.2, -0.15) is 0 Å². The molecule has 0 unspecified atom stereocenters. The summed E-state index contributed by atoms with van der Waals surface area (Å²) < 4.78 is 15.2. The van der Waals surface area contributed by atoms with E-state index in [1.54, 1.807) is 30.3 Å². The molecule has 132 valence electrons. The van der Waals surface area contributed by atoms with E-state index in [1.165, 1.54) is 20.3 Å². The molecule has 0 saturated carbocycles. The van der Waals surface area contributed by atoms with E-state index >= 15 is 0 Å². The van der Waals surface area contributed by atoms with E-state index in [2.05, 4.69) is 5.32 Å². The lowest BCUT2D eigenvalue weighted by molar-refractivity contribution is -0.119. The van der Waals surface area contributed by atoms with Crippen LogP contribution in [-0.4, -0.2) is 32.7 Å². The van der Waals surface area contributed by atoms with Crippen LogP contribution >= 0.6 is 23.2 Å². The third kappa shape index (κ3) is 4.78. The monoisotopic (exact) mass is 383 g/mol. The SMILES string of the molecule is COc1ccc(NC(=O)COC(=O)c2cccc(Cl)c2Cl)cc1OC. The number of anilines is 1. The number of halogens is 2. The van der Waals surface area contributed by atoms with Crippen LogP contribution in [0.25, 0.3) is 0 Å². The van der Waals surface area contributed by atoms with Crippen molar-refractivity contribution in [2.45, 2.75) is 0 Å². The van der Waals surface area contributed by atoms with Crippen LogP contribution in [0, 0.1) is 0 Å². The summed E-state index contributed by atoms with van der Waals surface area (Å²) in [6.45, 7) is -0.476. The van der Waals surface area contributed by atoms with E-state index in [4.69, 9.17) is 37.4 Å². The van der Waals surface area contributed by atoms with Crippen molar-refractivity contribution in [3.05, 3.63) is 52.0 Å². The predicted octanol–water partition coefficient (Wildman–Crippen LogP) is 3.81. The lowest BCUT2D eigenvalue weighted by Crippen LogP contribution is -2.21. The van der Waals surface area contributed by atoms with Gasteiger partial charge in [-0.15, -0.1) is 0 Å². The highest BCUT2D eigenvalue weighted by atomic mass is 35.5. The number of benzene rings is 2. The van der Waals surface area contributed by atoms with Gasteiger partial charge in [0.1, 0.15) is 0 Å². The molecular formula is C17H15Cl2NO5. The van der Waals surface area contributed by atoms with Crippen molar-refractivity contribution < 1.29 is 23.8 Å². The minimum atomic E-state index is -0.741. The molecule has 0 aromatic heterocycles. The molecule has 0 bridgehead atoms. The Morgan fingerprint density at radius 3 is 2.44 bits per heavy atom. The van der Waals surface area contributed by atoms with Crippen LogP contribution in [0.1, 0.15) is 10.4 Å². The summed E-state index contributed by atoms with van der Waals surface area (Å²) in [5.41, 5.74) is 0.563. The average molecular weight is 384 g/mol. The van der Waals surface area contributed by atoms with Crippen LogP contribution in [0.3, 0.4) is 0 Å². The number of ether oxygens (including phenoxy) is 3. The maximum atomic E-state index is 12.0. The van der Waals surface area contributed by atoms with Gasteiger partial charge in [0.15, 0.2) is 18.1 Å². The molecule has 0 aliphatic carbocycles. The second kappa shape index (κ2) is 8.60. The molecule has 0 fully saturated rings. The Labute approximate surface area is 154 Å². The first-order chi connectivity index (χ1) is 12.0. The molecular weight excluding hydrogens is 369 g/mol. The third-order valence-corrected chi connectivity index (χ3v) is 3.99. The lowest BCUT2D eigenvalue weighted by Gasteiger charge is -2.11. The highest BCUT2D eigenvalue weighted by Gasteiger charge is 2.16. The molecule has 1 amide bonds. The van der Waals surface area contributed by atoms with Crippen LogP contribution in [0.4, 0.5) is 5.69 Å². The molecule has 0 aliphatic rings. The van der Waals surface area contributed by atoms with Gasteiger partial charge in [0, 0.05) is 11.8 Å². The smallest absolute Gasteiger partial charge is 0.340 e. The topological polar surface area (TPSA) is 73.9 Å². The predicted molar refractivity (Wildman–Crippen MR) is 94.9 cm³/mol. The van der Waals surface area contributed by atoms with Crippen LogP contribution in [-0.2, 0) is 9.53 Å². The van der Waals surface area contributed by atoms with Crippen molar-refractivity contribution in [2.24, 2.45) is 0 Å². The van der Waals surface area contributed by atoms with Crippen molar-refractivity contribution in [2.75, 3.05) is 26.1 Å². The van der Waals surface area contributed by atoms with Crippen LogP contribution in [0.15, 0.2) is 36.4 Å². The summed E-state index contributed by atoms with van der Waals surface area (Å²) >= 11 is 11.8. The molecule has 25 heavy (non-hydrogen) atoms. The molecule has 0 atom stereocenters. The van der Waals surface area contributed by atoms with Gasteiger partial charge >= 0.3 is 5.97 Å². The summed E-state index contributed by atoms with van der Waals surface area (Å²) in [6, 6.07) is 9.44. The summed E-state index contributed by atoms with van der Waals surface area (Å²) in [5, 5.41) is 2.90. The minimum absolute atomic E-state index is 0.0782. The molecule has 1 N–H and O–H groups in total. The number of amides is 1. The van der Waals surface area contributed by atoms with E-state index < -0.39 is 18.5 Å². The number of hydrogen-bond acceptors (Lipinski definition) is 5. The van der Waals surface area contributed by atoms with Crippen molar-refractivity contribution in [3.63, 3.8) is 0 Å². The Morgan fingerprint density at radius 2 is 1.76 bits per heavy atom. The number of nitrogens with one attached hydrogen (secondary N) is 1. The van der Waals surface area contributed by atoms with Gasteiger partial charge in [-0.25, -0.2) is 4.79 Å². The van der Waals surface area contributed by atoms with Crippen LogP contribution in [0.5, 0.6) is 11.5 Å². The number of carbonyl (C=O) groups is 2. The Bertz CT molecular complexity index is 795. The summed E-state index contributed by atoms with van der Waals surface area (Å²) in [7, 11) is 3.00. The normalized spacial score (nSPS) is 10.1. The van der Waals surface area contributed by atoms with E-state index in [9.17, 15) is 9.59 Å². The zero-order valence-electron chi connectivity index (χ0n) is 13.5. The van der Waals surface area contributed by atoms with Gasteiger partial charge in [-0.3, -0.25) is 4.79 Å². The average Bonchev–Trinajstić information content (AvgIpc) is 2.61. The molecule has 8 heteroatoms. The molecule has 2 aromatic rings. The quantitative estimate of drug-likeness (QED) is 0.767. The number of esters is 1. The van der Waals surface area contributed by atoms with Crippen molar-refractivity contribution in [3.8, 4) is 11.5 Å². The highest BCUT2D eigenvalue weighted by molar-refractivity contribution is 6.43. The summed E-state index contributed by atoms with van der Waals surface area (Å²) in [4.78, 5) is 23.9. The molecule has 0 aliphatic heterocycles. The molecule has 2 aromatic carbocycles. The molecule has 6 nitrogen and oxygen atoms in total. The fourth-order valence-electron chi connectivity index (χ4n) is 1.98. The molecule has 0 radical (unpaired) electrons. The second-order valence-corrected chi connectivity index (χ2v) is 5.58. The van der Waals surface area contributed by atoms with Gasteiger partial charge in [-0.05, 0) is 24.3 Å². The Balaban J connectivity index is 1.97. The Kier molecular flexibility index (Phi) is 6.50. The molecule has 0 saturated heterocycles. The highest BCUT2D eigenvalue weighted by Crippen LogP contribution is 2.29. The van der Waals surface area contributed by atoms with Gasteiger partial charge in [0.2, 0.25) is 0 Å². The van der Waals surface area contributed by atoms with Gasteiger partial charge in [-0.1, -0.05) is 29.3 Å². The summed E-state index contributed by atoms with van der Waals surface area (Å²) in [6.07, 6.45) is 0. The van der Waals surface area contributed by atoms with Crippen LogP contribution < -0.4 is 14.8 Å². The number of methoxy groups -OCH3 is 2. The van der Waals surface area contributed by atoms with E-state index in [0.29, 0.717) is 17.2 Å². The second-order valence-electron chi connectivity index (χ2n) is 4.80. The zero-order valence-corrected chi connectivity index (χ0v) is 15.0. The van der Waals surface area contributed by atoms with Crippen LogP contribution in [0.2, 0.25) is 10.0 Å². The lowest BCUT2D eigenvalue weighted by atomic mass is 10.2. The molecule has 2 rings (SSSR count). The third-order valence-electron chi connectivity index (χ3n) is 3.17. The first kappa shape index (κ1) is 18.9. The first-order valence-electron chi connectivity index (χ1n) is 7.09. The van der Waals surface area contributed by atoms with Crippen molar-refractivity contribution >= 4 is 40.8 Å². The van der Waals surface area contributed by atoms with E-state index in [1.807, 2.05) is 0 Å². The van der Waals surface area contributed by atoms with Gasteiger partial charge in [0.25, 0.3) is 5.91 Å². The van der Waals surface area contributed by atoms with E-state index in [-0.39, 0.29) is 15.6 Å². The fraction of sp³-hybridized carbons (Fsp3) is 0.176. The molecule has 0 heterocycles. The minimum Gasteiger partial charge on any atom is -0.493 e. The number of rotatable bonds is 6. The Morgan fingerprint density at radius 1 is 1.04 bits per heavy atom. The summed E-state index contributed by atoms with van der Waals surface area (Å²) in [5.74, 6) is -0.265.